The van der Waals surface area contributed by atoms with Crippen molar-refractivity contribution < 1.29 is 0 Å². The van der Waals surface area contributed by atoms with Crippen molar-refractivity contribution >= 4 is 17.0 Å². The van der Waals surface area contributed by atoms with Gasteiger partial charge in [0, 0.05) is 0 Å². The van der Waals surface area contributed by atoms with Gasteiger partial charge in [0.15, 0.2) is 0 Å². The lowest BCUT2D eigenvalue weighted by Gasteiger charge is -1.90. The van der Waals surface area contributed by atoms with E-state index in [1.54, 1.807) is 0 Å². The van der Waals surface area contributed by atoms with Gasteiger partial charge in [-0.25, -0.2) is 0 Å². The van der Waals surface area contributed by atoms with Gasteiger partial charge in [-0.05, 0) is 5.92 Å². The molecule has 0 bridgehead atoms. The highest BCUT2D eigenvalue weighted by Crippen LogP contribution is 1.93. The van der Waals surface area contributed by atoms with Crippen molar-refractivity contribution in [2.45, 2.75) is 27.2 Å². The Balaban J connectivity index is -0.0000000800. The molecule has 1 nitrogen and oxygen atoms in total. The Hall–Kier alpha value is 0.440. The van der Waals surface area contributed by atoms with Gasteiger partial charge in [0.2, 0.25) is 0 Å². The highest BCUT2D eigenvalue weighted by atomic mass is 79.9. The first-order valence-corrected chi connectivity index (χ1v) is 2.27. The van der Waals surface area contributed by atoms with Crippen LogP contribution in [0.1, 0.15) is 27.2 Å². The molecule has 0 saturated heterocycles. The summed E-state index contributed by atoms with van der Waals surface area (Å²) in [6.07, 6.45) is 1.31. The standard InChI is InChI=1S/C5H12.BrH.H3N/c1-4-5(2)3;;/h5H,4H2,1-3H3;1H;1H3. The Labute approximate surface area is 56.8 Å². The largest absolute Gasteiger partial charge is 0.344 e. The van der Waals surface area contributed by atoms with Crippen LogP contribution in [-0.4, -0.2) is 0 Å². The lowest BCUT2D eigenvalue weighted by atomic mass is 10.2. The van der Waals surface area contributed by atoms with Gasteiger partial charge in [-0.1, -0.05) is 27.2 Å². The van der Waals surface area contributed by atoms with E-state index in [4.69, 9.17) is 0 Å². The second-order valence-electron chi connectivity index (χ2n) is 1.80. The van der Waals surface area contributed by atoms with Crippen molar-refractivity contribution in [3.63, 3.8) is 0 Å². The minimum atomic E-state index is 0. The summed E-state index contributed by atoms with van der Waals surface area (Å²) in [6, 6.07) is 0. The Morgan fingerprint density at radius 2 is 1.43 bits per heavy atom. The molecule has 7 heavy (non-hydrogen) atoms. The zero-order valence-electron chi connectivity index (χ0n) is 5.40. The van der Waals surface area contributed by atoms with E-state index in [0.29, 0.717) is 0 Å². The summed E-state index contributed by atoms with van der Waals surface area (Å²) in [5.41, 5.74) is 0. The lowest BCUT2D eigenvalue weighted by Crippen LogP contribution is -1.77. The second-order valence-corrected chi connectivity index (χ2v) is 1.80. The molecule has 0 aliphatic carbocycles. The van der Waals surface area contributed by atoms with Gasteiger partial charge in [-0.2, -0.15) is 0 Å². The molecule has 0 saturated carbocycles. The Morgan fingerprint density at radius 3 is 1.43 bits per heavy atom. The average molecular weight is 170 g/mol. The van der Waals surface area contributed by atoms with Crippen LogP contribution in [0.2, 0.25) is 0 Å². The molecule has 0 aliphatic heterocycles. The first-order chi connectivity index (χ1) is 2.27. The summed E-state index contributed by atoms with van der Waals surface area (Å²) in [7, 11) is 0. The lowest BCUT2D eigenvalue weighted by molar-refractivity contribution is 0.626. The van der Waals surface area contributed by atoms with Crippen LogP contribution in [0.25, 0.3) is 0 Å². The molecule has 0 spiro atoms. The zero-order valence-corrected chi connectivity index (χ0v) is 7.11. The number of hydrogen-bond acceptors (Lipinski definition) is 1. The maximum absolute atomic E-state index is 2.22. The van der Waals surface area contributed by atoms with E-state index in [-0.39, 0.29) is 23.1 Å². The van der Waals surface area contributed by atoms with Gasteiger partial charge in [0.25, 0.3) is 0 Å². The summed E-state index contributed by atoms with van der Waals surface area (Å²) in [4.78, 5) is 0. The van der Waals surface area contributed by atoms with E-state index >= 15 is 0 Å². The van der Waals surface area contributed by atoms with Crippen LogP contribution in [0, 0.1) is 5.92 Å². The molecule has 0 aliphatic rings. The molecule has 0 amide bonds. The highest BCUT2D eigenvalue weighted by molar-refractivity contribution is 8.93. The predicted octanol–water partition coefficient (Wildman–Crippen LogP) is 2.79. The predicted molar refractivity (Wildman–Crippen MR) is 40.5 cm³/mol. The van der Waals surface area contributed by atoms with Crippen molar-refractivity contribution in [3.8, 4) is 0 Å². The molecule has 0 aromatic rings. The van der Waals surface area contributed by atoms with Gasteiger partial charge in [-0.15, -0.1) is 17.0 Å². The molecule has 0 fully saturated rings. The summed E-state index contributed by atoms with van der Waals surface area (Å²) in [5.74, 6) is 0.884. The van der Waals surface area contributed by atoms with E-state index < -0.39 is 0 Å². The summed E-state index contributed by atoms with van der Waals surface area (Å²) in [6.45, 7) is 6.64. The molecule has 3 N–H and O–H groups in total. The van der Waals surface area contributed by atoms with Crippen molar-refractivity contribution in [2.75, 3.05) is 0 Å². The van der Waals surface area contributed by atoms with E-state index in [1.807, 2.05) is 0 Å². The van der Waals surface area contributed by atoms with E-state index in [1.165, 1.54) is 6.42 Å². The average Bonchev–Trinajstić information content (AvgIpc) is 1.38. The molecular formula is C5H16BrN. The maximum atomic E-state index is 2.22. The molecule has 0 aromatic carbocycles. The van der Waals surface area contributed by atoms with E-state index in [9.17, 15) is 0 Å². The van der Waals surface area contributed by atoms with Crippen molar-refractivity contribution in [1.82, 2.24) is 6.15 Å². The second kappa shape index (κ2) is 9.67. The van der Waals surface area contributed by atoms with E-state index in [2.05, 4.69) is 20.8 Å². The zero-order chi connectivity index (χ0) is 4.28. The third-order valence-electron chi connectivity index (χ3n) is 0.816. The molecule has 48 valence electrons. The fourth-order valence-electron chi connectivity index (χ4n) is 0. The van der Waals surface area contributed by atoms with Gasteiger partial charge in [0.1, 0.15) is 0 Å². The van der Waals surface area contributed by atoms with Crippen LogP contribution >= 0.6 is 17.0 Å². The highest BCUT2D eigenvalue weighted by Gasteiger charge is 1.80. The Kier molecular flexibility index (Phi) is 21.6. The normalized spacial score (nSPS) is 6.86. The quantitative estimate of drug-likeness (QED) is 0.645. The third-order valence-corrected chi connectivity index (χ3v) is 0.816. The van der Waals surface area contributed by atoms with Crippen LogP contribution in [0.15, 0.2) is 0 Å². The summed E-state index contributed by atoms with van der Waals surface area (Å²) >= 11 is 0. The molecular weight excluding hydrogens is 154 g/mol. The van der Waals surface area contributed by atoms with Crippen LogP contribution < -0.4 is 6.15 Å². The molecule has 0 atom stereocenters. The molecule has 0 unspecified atom stereocenters. The van der Waals surface area contributed by atoms with Crippen LogP contribution in [-0.2, 0) is 0 Å². The minimum Gasteiger partial charge on any atom is -0.344 e. The Bertz CT molecular complexity index is 22.0. The minimum absolute atomic E-state index is 0. The van der Waals surface area contributed by atoms with Crippen molar-refractivity contribution in [1.29, 1.82) is 0 Å². The molecule has 2 heteroatoms. The fourth-order valence-corrected chi connectivity index (χ4v) is 0. The maximum Gasteiger partial charge on any atom is -0.0474 e. The van der Waals surface area contributed by atoms with Crippen LogP contribution in [0.3, 0.4) is 0 Å². The molecule has 0 radical (unpaired) electrons. The van der Waals surface area contributed by atoms with Crippen LogP contribution in [0.4, 0.5) is 0 Å². The summed E-state index contributed by atoms with van der Waals surface area (Å²) < 4.78 is 0. The number of hydrogen-bond donors (Lipinski definition) is 1. The van der Waals surface area contributed by atoms with Gasteiger partial charge >= 0.3 is 0 Å². The summed E-state index contributed by atoms with van der Waals surface area (Å²) in [5, 5.41) is 0. The first kappa shape index (κ1) is 15.7. The van der Waals surface area contributed by atoms with Gasteiger partial charge < -0.3 is 6.15 Å². The monoisotopic (exact) mass is 169 g/mol. The molecule has 0 heterocycles. The van der Waals surface area contributed by atoms with Crippen molar-refractivity contribution in [2.24, 2.45) is 5.92 Å². The third kappa shape index (κ3) is 21.3. The van der Waals surface area contributed by atoms with Gasteiger partial charge in [0.05, 0.1) is 0 Å². The number of halogens is 1. The van der Waals surface area contributed by atoms with Crippen LogP contribution in [0.5, 0.6) is 0 Å². The smallest absolute Gasteiger partial charge is 0.0474 e. The Morgan fingerprint density at radius 1 is 1.29 bits per heavy atom. The topological polar surface area (TPSA) is 35.0 Å². The molecule has 0 rings (SSSR count). The SMILES string of the molecule is Br.CCC(C)C.N. The van der Waals surface area contributed by atoms with E-state index in [0.717, 1.165) is 5.92 Å². The number of rotatable bonds is 1. The molecule has 0 aromatic heterocycles. The fraction of sp³-hybridized carbons (Fsp3) is 1.00. The van der Waals surface area contributed by atoms with Gasteiger partial charge in [-0.3, -0.25) is 0 Å². The van der Waals surface area contributed by atoms with Crippen molar-refractivity contribution in [3.05, 3.63) is 0 Å². The first-order valence-electron chi connectivity index (χ1n) is 2.27.